The minimum atomic E-state index is -0.362. The fourth-order valence-corrected chi connectivity index (χ4v) is 2.88. The maximum absolute atomic E-state index is 12.5. The van der Waals surface area contributed by atoms with Crippen LogP contribution in [0.3, 0.4) is 0 Å². The molecule has 0 fully saturated rings. The van der Waals surface area contributed by atoms with Crippen molar-refractivity contribution in [3.05, 3.63) is 70.8 Å². The van der Waals surface area contributed by atoms with Crippen LogP contribution < -0.4 is 5.32 Å². The summed E-state index contributed by atoms with van der Waals surface area (Å²) in [5.74, 6) is -0.967. The number of hydrogen-bond acceptors (Lipinski definition) is 4. The summed E-state index contributed by atoms with van der Waals surface area (Å²) >= 11 is 0. The molecule has 2 aromatic carbocycles. The van der Waals surface area contributed by atoms with E-state index in [2.05, 4.69) is 5.32 Å². The van der Waals surface area contributed by atoms with Crippen molar-refractivity contribution in [1.82, 2.24) is 10.2 Å². The Labute approximate surface area is 151 Å². The molecule has 0 unspecified atom stereocenters. The number of imide groups is 1. The van der Waals surface area contributed by atoms with E-state index >= 15 is 0 Å². The summed E-state index contributed by atoms with van der Waals surface area (Å²) in [6.45, 7) is 1.17. The van der Waals surface area contributed by atoms with E-state index in [1.165, 1.54) is 11.0 Å². The second-order valence-corrected chi connectivity index (χ2v) is 6.04. The Morgan fingerprint density at radius 1 is 1.04 bits per heavy atom. The minimum Gasteiger partial charge on any atom is -0.385 e. The lowest BCUT2D eigenvalue weighted by molar-refractivity contribution is 0.0638. The van der Waals surface area contributed by atoms with Crippen LogP contribution in [0.1, 0.15) is 43.1 Å². The van der Waals surface area contributed by atoms with E-state index in [9.17, 15) is 14.4 Å². The number of carbonyl (C=O) groups is 3. The summed E-state index contributed by atoms with van der Waals surface area (Å²) < 4.78 is 4.96. The molecule has 1 aliphatic heterocycles. The van der Waals surface area contributed by atoms with Crippen molar-refractivity contribution in [2.24, 2.45) is 0 Å². The Hall–Kier alpha value is -2.99. The molecule has 3 amide bonds. The summed E-state index contributed by atoms with van der Waals surface area (Å²) in [7, 11) is 1.57. The molecule has 6 nitrogen and oxygen atoms in total. The fraction of sp³-hybridized carbons (Fsp3) is 0.250. The highest BCUT2D eigenvalue weighted by Gasteiger charge is 2.35. The van der Waals surface area contributed by atoms with Crippen molar-refractivity contribution >= 4 is 17.7 Å². The maximum atomic E-state index is 12.5. The number of methoxy groups -OCH3 is 1. The predicted molar refractivity (Wildman–Crippen MR) is 95.9 cm³/mol. The lowest BCUT2D eigenvalue weighted by Gasteiger charge is -2.12. The molecule has 1 aliphatic rings. The second kappa shape index (κ2) is 7.93. The van der Waals surface area contributed by atoms with Crippen molar-refractivity contribution in [1.29, 1.82) is 0 Å². The Balaban J connectivity index is 1.70. The number of fused-ring (bicyclic) bond motifs is 1. The van der Waals surface area contributed by atoms with Crippen LogP contribution in [0.4, 0.5) is 0 Å². The first-order valence-electron chi connectivity index (χ1n) is 8.43. The molecule has 0 bridgehead atoms. The van der Waals surface area contributed by atoms with E-state index in [-0.39, 0.29) is 23.3 Å². The number of benzene rings is 2. The minimum absolute atomic E-state index is 0.278. The first-order valence-corrected chi connectivity index (χ1v) is 8.43. The van der Waals surface area contributed by atoms with E-state index in [4.69, 9.17) is 4.74 Å². The van der Waals surface area contributed by atoms with Crippen LogP contribution in [0.25, 0.3) is 0 Å². The predicted octanol–water partition coefficient (Wildman–Crippen LogP) is 2.25. The van der Waals surface area contributed by atoms with Crippen molar-refractivity contribution in [3.8, 4) is 0 Å². The molecule has 0 spiro atoms. The van der Waals surface area contributed by atoms with Crippen molar-refractivity contribution in [2.45, 2.75) is 13.0 Å². The zero-order valence-corrected chi connectivity index (χ0v) is 14.5. The van der Waals surface area contributed by atoms with Gasteiger partial charge in [-0.15, -0.1) is 0 Å². The number of nitrogens with zero attached hydrogens (tertiary/aromatic N) is 1. The zero-order chi connectivity index (χ0) is 18.5. The van der Waals surface area contributed by atoms with Gasteiger partial charge in [0.25, 0.3) is 17.7 Å². The van der Waals surface area contributed by atoms with Crippen LogP contribution in [-0.4, -0.2) is 42.9 Å². The highest BCUT2D eigenvalue weighted by Crippen LogP contribution is 2.24. The molecule has 0 saturated carbocycles. The molecular weight excluding hydrogens is 332 g/mol. The zero-order valence-electron chi connectivity index (χ0n) is 14.5. The van der Waals surface area contributed by atoms with Crippen LogP contribution in [0.5, 0.6) is 0 Å². The molecule has 134 valence electrons. The Kier molecular flexibility index (Phi) is 5.43. The lowest BCUT2D eigenvalue weighted by Crippen LogP contribution is -2.31. The van der Waals surface area contributed by atoms with E-state index in [0.717, 1.165) is 5.56 Å². The third kappa shape index (κ3) is 3.65. The van der Waals surface area contributed by atoms with Crippen molar-refractivity contribution in [3.63, 3.8) is 0 Å². The molecule has 6 heteroatoms. The fourth-order valence-electron chi connectivity index (χ4n) is 2.88. The quantitative estimate of drug-likeness (QED) is 0.613. The summed E-state index contributed by atoms with van der Waals surface area (Å²) in [6, 6.07) is 14.2. The third-order valence-electron chi connectivity index (χ3n) is 4.26. The molecular formula is C20H20N2O4. The number of amides is 3. The van der Waals surface area contributed by atoms with Gasteiger partial charge in [0.1, 0.15) is 0 Å². The van der Waals surface area contributed by atoms with E-state index in [1.54, 1.807) is 19.2 Å². The van der Waals surface area contributed by atoms with Gasteiger partial charge in [0, 0.05) is 32.4 Å². The van der Waals surface area contributed by atoms with Gasteiger partial charge in [0.05, 0.1) is 11.1 Å². The van der Waals surface area contributed by atoms with Crippen LogP contribution in [0.15, 0.2) is 48.5 Å². The molecule has 1 N–H and O–H groups in total. The van der Waals surface area contributed by atoms with Crippen molar-refractivity contribution < 1.29 is 19.1 Å². The van der Waals surface area contributed by atoms with Gasteiger partial charge in [-0.3, -0.25) is 19.3 Å². The van der Waals surface area contributed by atoms with Crippen LogP contribution >= 0.6 is 0 Å². The normalized spacial score (nSPS) is 13.0. The van der Waals surface area contributed by atoms with Gasteiger partial charge in [-0.25, -0.2) is 0 Å². The lowest BCUT2D eigenvalue weighted by atomic mass is 10.1. The molecule has 3 rings (SSSR count). The average Bonchev–Trinajstić information content (AvgIpc) is 2.91. The largest absolute Gasteiger partial charge is 0.385 e. The second-order valence-electron chi connectivity index (χ2n) is 6.04. The summed E-state index contributed by atoms with van der Waals surface area (Å²) in [6.07, 6.45) is 0.576. The summed E-state index contributed by atoms with van der Waals surface area (Å²) in [5.41, 5.74) is 1.96. The van der Waals surface area contributed by atoms with Gasteiger partial charge < -0.3 is 10.1 Å². The Morgan fingerprint density at radius 3 is 2.50 bits per heavy atom. The number of carbonyl (C=O) groups excluding carboxylic acids is 3. The van der Waals surface area contributed by atoms with Crippen molar-refractivity contribution in [2.75, 3.05) is 20.3 Å². The highest BCUT2D eigenvalue weighted by molar-refractivity contribution is 6.22. The van der Waals surface area contributed by atoms with Gasteiger partial charge in [0.15, 0.2) is 0 Å². The van der Waals surface area contributed by atoms with Crippen LogP contribution in [0.2, 0.25) is 0 Å². The third-order valence-corrected chi connectivity index (χ3v) is 4.26. The van der Waals surface area contributed by atoms with Gasteiger partial charge in [0.2, 0.25) is 0 Å². The Bertz CT molecular complexity index is 833. The number of ether oxygens (including phenoxy) is 1. The van der Waals surface area contributed by atoms with E-state index in [0.29, 0.717) is 37.2 Å². The molecule has 1 heterocycles. The van der Waals surface area contributed by atoms with E-state index < -0.39 is 0 Å². The molecule has 2 aromatic rings. The molecule has 26 heavy (non-hydrogen) atoms. The van der Waals surface area contributed by atoms with Crippen LogP contribution in [0, 0.1) is 0 Å². The molecule has 0 saturated heterocycles. The van der Waals surface area contributed by atoms with Gasteiger partial charge in [-0.05, 0) is 30.2 Å². The topological polar surface area (TPSA) is 75.7 Å². The number of hydrogen-bond donors (Lipinski definition) is 1. The standard InChI is InChI=1S/C20H20N2O4/c1-26-11-5-10-22-19(24)16-9-8-15(12-17(16)20(22)25)18(23)21-13-14-6-3-2-4-7-14/h2-4,6-9,12H,5,10-11,13H2,1H3,(H,21,23). The smallest absolute Gasteiger partial charge is 0.261 e. The average molecular weight is 352 g/mol. The summed E-state index contributed by atoms with van der Waals surface area (Å²) in [5, 5.41) is 2.82. The van der Waals surface area contributed by atoms with Gasteiger partial charge in [-0.2, -0.15) is 0 Å². The monoisotopic (exact) mass is 352 g/mol. The molecule has 0 radical (unpaired) electrons. The van der Waals surface area contributed by atoms with Crippen LogP contribution in [-0.2, 0) is 11.3 Å². The first kappa shape index (κ1) is 17.8. The van der Waals surface area contributed by atoms with E-state index in [1.807, 2.05) is 30.3 Å². The van der Waals surface area contributed by atoms with Gasteiger partial charge >= 0.3 is 0 Å². The highest BCUT2D eigenvalue weighted by atomic mass is 16.5. The molecule has 0 aromatic heterocycles. The summed E-state index contributed by atoms with van der Waals surface area (Å²) in [4.78, 5) is 38.4. The number of rotatable bonds is 7. The maximum Gasteiger partial charge on any atom is 0.261 e. The SMILES string of the molecule is COCCCN1C(=O)c2ccc(C(=O)NCc3ccccc3)cc2C1=O. The van der Waals surface area contributed by atoms with Gasteiger partial charge in [-0.1, -0.05) is 30.3 Å². The molecule has 0 atom stereocenters. The Morgan fingerprint density at radius 2 is 1.77 bits per heavy atom. The molecule has 0 aliphatic carbocycles. The number of nitrogens with one attached hydrogen (secondary N) is 1. The first-order chi connectivity index (χ1) is 12.6.